The number of nitrogens with zero attached hydrogens (tertiary/aromatic N) is 1. The smallest absolute Gasteiger partial charge is 0.264 e. The molecule has 0 heterocycles. The zero-order chi connectivity index (χ0) is 22.1. The van der Waals surface area contributed by atoms with Gasteiger partial charge >= 0.3 is 0 Å². The average Bonchev–Trinajstić information content (AvgIpc) is 2.75. The normalized spacial score (nSPS) is 12.4. The molecule has 1 atom stereocenters. The van der Waals surface area contributed by atoms with Crippen LogP contribution in [0.3, 0.4) is 0 Å². The van der Waals surface area contributed by atoms with E-state index in [4.69, 9.17) is 11.6 Å². The molecule has 0 aliphatic carbocycles. The number of carbonyl (C=O) groups is 1. The molecule has 0 aromatic heterocycles. The maximum atomic E-state index is 13.4. The first kappa shape index (κ1) is 24.2. The largest absolute Gasteiger partial charge is 0.354 e. The molecule has 7 heteroatoms. The van der Waals surface area contributed by atoms with Gasteiger partial charge in [0.15, 0.2) is 0 Å². The van der Waals surface area contributed by atoms with Crippen molar-refractivity contribution >= 4 is 33.2 Å². The summed E-state index contributed by atoms with van der Waals surface area (Å²) in [4.78, 5) is 12.9. The fourth-order valence-corrected chi connectivity index (χ4v) is 4.94. The molecular formula is C23H31ClN2O3S. The van der Waals surface area contributed by atoms with Gasteiger partial charge < -0.3 is 5.32 Å². The van der Waals surface area contributed by atoms with Crippen LogP contribution < -0.4 is 9.62 Å². The number of hydrogen-bond acceptors (Lipinski definition) is 3. The molecule has 30 heavy (non-hydrogen) atoms. The Labute approximate surface area is 185 Å². The molecule has 0 spiro atoms. The van der Waals surface area contributed by atoms with Gasteiger partial charge in [0.2, 0.25) is 5.91 Å². The molecule has 0 radical (unpaired) electrons. The Morgan fingerprint density at radius 3 is 2.43 bits per heavy atom. The lowest BCUT2D eigenvalue weighted by atomic mass is 9.99. The molecular weight excluding hydrogens is 420 g/mol. The van der Waals surface area contributed by atoms with E-state index in [0.717, 1.165) is 30.0 Å². The van der Waals surface area contributed by atoms with Crippen LogP contribution in [0.4, 0.5) is 5.69 Å². The Kier molecular flexibility index (Phi) is 9.18. The van der Waals surface area contributed by atoms with E-state index in [1.807, 2.05) is 0 Å². The zero-order valence-corrected chi connectivity index (χ0v) is 19.5. The van der Waals surface area contributed by atoms with Crippen LogP contribution in [0.1, 0.15) is 45.1 Å². The number of rotatable bonds is 11. The van der Waals surface area contributed by atoms with Gasteiger partial charge in [-0.1, -0.05) is 69.0 Å². The second kappa shape index (κ2) is 11.4. The van der Waals surface area contributed by atoms with E-state index in [2.05, 4.69) is 19.2 Å². The van der Waals surface area contributed by atoms with Gasteiger partial charge in [-0.15, -0.1) is 0 Å². The van der Waals surface area contributed by atoms with E-state index in [9.17, 15) is 13.2 Å². The summed E-state index contributed by atoms with van der Waals surface area (Å²) in [5, 5.41) is 3.37. The van der Waals surface area contributed by atoms with E-state index in [0.29, 0.717) is 28.7 Å². The van der Waals surface area contributed by atoms with Crippen molar-refractivity contribution in [2.45, 2.75) is 51.3 Å². The third kappa shape index (κ3) is 6.22. The Hall–Kier alpha value is -2.05. The maximum absolute atomic E-state index is 13.4. The quantitative estimate of drug-likeness (QED) is 0.513. The fraction of sp³-hybridized carbons (Fsp3) is 0.435. The first-order valence-electron chi connectivity index (χ1n) is 10.4. The fourth-order valence-electron chi connectivity index (χ4n) is 3.27. The number of nitrogens with one attached hydrogen (secondary N) is 1. The number of benzene rings is 2. The van der Waals surface area contributed by atoms with Crippen molar-refractivity contribution in [2.24, 2.45) is 5.92 Å². The van der Waals surface area contributed by atoms with E-state index in [1.54, 1.807) is 43.3 Å². The molecule has 0 aliphatic heterocycles. The molecule has 5 nitrogen and oxygen atoms in total. The predicted molar refractivity (Wildman–Crippen MR) is 123 cm³/mol. The summed E-state index contributed by atoms with van der Waals surface area (Å²) in [6.07, 6.45) is 4.25. The van der Waals surface area contributed by atoms with Gasteiger partial charge in [-0.05, 0) is 49.1 Å². The van der Waals surface area contributed by atoms with Crippen LogP contribution in [-0.4, -0.2) is 27.4 Å². The number of anilines is 1. The molecule has 1 N–H and O–H groups in total. The van der Waals surface area contributed by atoms with Crippen molar-refractivity contribution in [2.75, 3.05) is 17.4 Å². The Morgan fingerprint density at radius 1 is 1.10 bits per heavy atom. The van der Waals surface area contributed by atoms with Crippen molar-refractivity contribution in [3.63, 3.8) is 0 Å². The summed E-state index contributed by atoms with van der Waals surface area (Å²) in [7, 11) is -3.93. The van der Waals surface area contributed by atoms with Crippen molar-refractivity contribution in [1.82, 2.24) is 5.32 Å². The standard InChI is InChI=1S/C23H31ClN2O3S/c1-4-6-11-19(5-2)16-25-23(27)17-26(22-15-10-14-21(24)18(22)3)30(28,29)20-12-8-7-9-13-20/h7-10,12-15,19H,4-6,11,16-17H2,1-3H3,(H,25,27). The molecule has 0 fully saturated rings. The van der Waals surface area contributed by atoms with E-state index < -0.39 is 10.0 Å². The van der Waals surface area contributed by atoms with E-state index >= 15 is 0 Å². The molecule has 1 amide bonds. The van der Waals surface area contributed by atoms with Crippen LogP contribution in [0.5, 0.6) is 0 Å². The lowest BCUT2D eigenvalue weighted by Crippen LogP contribution is -2.42. The molecule has 2 aromatic rings. The zero-order valence-electron chi connectivity index (χ0n) is 17.9. The van der Waals surface area contributed by atoms with Crippen LogP contribution in [-0.2, 0) is 14.8 Å². The first-order chi connectivity index (χ1) is 14.3. The molecule has 2 rings (SSSR count). The molecule has 1 unspecified atom stereocenters. The molecule has 0 saturated carbocycles. The summed E-state index contributed by atoms with van der Waals surface area (Å²) < 4.78 is 27.9. The van der Waals surface area contributed by atoms with Crippen molar-refractivity contribution < 1.29 is 13.2 Å². The second-order valence-electron chi connectivity index (χ2n) is 7.43. The highest BCUT2D eigenvalue weighted by Gasteiger charge is 2.28. The van der Waals surface area contributed by atoms with Gasteiger partial charge in [-0.25, -0.2) is 8.42 Å². The Morgan fingerprint density at radius 2 is 1.80 bits per heavy atom. The van der Waals surface area contributed by atoms with Gasteiger partial charge in [-0.3, -0.25) is 9.10 Å². The second-order valence-corrected chi connectivity index (χ2v) is 9.70. The summed E-state index contributed by atoms with van der Waals surface area (Å²) in [6, 6.07) is 13.2. The van der Waals surface area contributed by atoms with Gasteiger partial charge in [0.1, 0.15) is 6.54 Å². The van der Waals surface area contributed by atoms with Gasteiger partial charge in [0.25, 0.3) is 10.0 Å². The lowest BCUT2D eigenvalue weighted by molar-refractivity contribution is -0.119. The Bertz CT molecular complexity index is 933. The lowest BCUT2D eigenvalue weighted by Gasteiger charge is -2.26. The number of unbranched alkanes of at least 4 members (excludes halogenated alkanes) is 1. The van der Waals surface area contributed by atoms with Crippen LogP contribution in [0.15, 0.2) is 53.4 Å². The number of carbonyl (C=O) groups excluding carboxylic acids is 1. The molecule has 0 bridgehead atoms. The molecule has 2 aromatic carbocycles. The highest BCUT2D eigenvalue weighted by atomic mass is 35.5. The highest BCUT2D eigenvalue weighted by Crippen LogP contribution is 2.30. The van der Waals surface area contributed by atoms with Crippen LogP contribution >= 0.6 is 11.6 Å². The number of halogens is 1. The summed E-state index contributed by atoms with van der Waals surface area (Å²) in [5.41, 5.74) is 1.01. The van der Waals surface area contributed by atoms with E-state index in [-0.39, 0.29) is 17.3 Å². The average molecular weight is 451 g/mol. The minimum absolute atomic E-state index is 0.131. The molecule has 164 valence electrons. The molecule has 0 aliphatic rings. The van der Waals surface area contributed by atoms with Crippen LogP contribution in [0.25, 0.3) is 0 Å². The van der Waals surface area contributed by atoms with Gasteiger partial charge in [0.05, 0.1) is 10.6 Å². The minimum atomic E-state index is -3.93. The summed E-state index contributed by atoms with van der Waals surface area (Å²) in [5.74, 6) is 0.0600. The topological polar surface area (TPSA) is 66.5 Å². The number of amides is 1. The number of hydrogen-bond donors (Lipinski definition) is 1. The monoisotopic (exact) mass is 450 g/mol. The first-order valence-corrected chi connectivity index (χ1v) is 12.2. The Balaban J connectivity index is 2.29. The SMILES string of the molecule is CCCCC(CC)CNC(=O)CN(c1cccc(Cl)c1C)S(=O)(=O)c1ccccc1. The predicted octanol–water partition coefficient (Wildman–Crippen LogP) is 5.18. The maximum Gasteiger partial charge on any atom is 0.264 e. The third-order valence-electron chi connectivity index (χ3n) is 5.26. The van der Waals surface area contributed by atoms with Crippen LogP contribution in [0, 0.1) is 12.8 Å². The third-order valence-corrected chi connectivity index (χ3v) is 7.44. The number of sulfonamides is 1. The minimum Gasteiger partial charge on any atom is -0.354 e. The van der Waals surface area contributed by atoms with Crippen molar-refractivity contribution in [1.29, 1.82) is 0 Å². The van der Waals surface area contributed by atoms with Gasteiger partial charge in [-0.2, -0.15) is 0 Å². The molecule has 0 saturated heterocycles. The van der Waals surface area contributed by atoms with Gasteiger partial charge in [0, 0.05) is 11.6 Å². The summed E-state index contributed by atoms with van der Waals surface area (Å²) in [6.45, 7) is 6.24. The van der Waals surface area contributed by atoms with Crippen molar-refractivity contribution in [3.8, 4) is 0 Å². The summed E-state index contributed by atoms with van der Waals surface area (Å²) >= 11 is 6.24. The van der Waals surface area contributed by atoms with Crippen LogP contribution in [0.2, 0.25) is 5.02 Å². The van der Waals surface area contributed by atoms with Crippen molar-refractivity contribution in [3.05, 3.63) is 59.1 Å². The van der Waals surface area contributed by atoms with E-state index in [1.165, 1.54) is 12.1 Å². The highest BCUT2D eigenvalue weighted by molar-refractivity contribution is 7.92.